The predicted octanol–water partition coefficient (Wildman–Crippen LogP) is 3.37. The van der Waals surface area contributed by atoms with Gasteiger partial charge in [0, 0.05) is 18.8 Å². The summed E-state index contributed by atoms with van der Waals surface area (Å²) in [6.45, 7) is 2.53. The Kier molecular flexibility index (Phi) is 6.45. The highest BCUT2D eigenvalue weighted by molar-refractivity contribution is 7.99. The summed E-state index contributed by atoms with van der Waals surface area (Å²) in [5.41, 5.74) is 2.20. The SMILES string of the molecule is Cc1ccc(NCc2nnc(SCC(=O)Nc3ccccc3[N+](=O)[O-])n2C)cc1. The summed E-state index contributed by atoms with van der Waals surface area (Å²) in [6.07, 6.45) is 0. The van der Waals surface area contributed by atoms with Crippen LogP contribution in [0.5, 0.6) is 0 Å². The quantitative estimate of drug-likeness (QED) is 0.331. The maximum absolute atomic E-state index is 12.2. The lowest BCUT2D eigenvalue weighted by Crippen LogP contribution is -2.15. The number of rotatable bonds is 8. The van der Waals surface area contributed by atoms with Crippen molar-refractivity contribution in [3.63, 3.8) is 0 Å². The van der Waals surface area contributed by atoms with Crippen LogP contribution in [0.15, 0.2) is 53.7 Å². The van der Waals surface area contributed by atoms with Gasteiger partial charge in [0.2, 0.25) is 5.91 Å². The number of aryl methyl sites for hydroxylation is 1. The van der Waals surface area contributed by atoms with Gasteiger partial charge in [-0.1, -0.05) is 41.6 Å². The van der Waals surface area contributed by atoms with E-state index in [4.69, 9.17) is 0 Å². The maximum Gasteiger partial charge on any atom is 0.292 e. The van der Waals surface area contributed by atoms with Crippen molar-refractivity contribution < 1.29 is 9.72 Å². The molecule has 0 atom stereocenters. The van der Waals surface area contributed by atoms with E-state index in [-0.39, 0.29) is 23.0 Å². The van der Waals surface area contributed by atoms with Gasteiger partial charge in [-0.05, 0) is 25.1 Å². The molecule has 0 aliphatic carbocycles. The van der Waals surface area contributed by atoms with E-state index in [1.807, 2.05) is 42.8 Å². The smallest absolute Gasteiger partial charge is 0.292 e. The molecule has 0 aliphatic heterocycles. The van der Waals surface area contributed by atoms with Crippen LogP contribution in [-0.2, 0) is 18.4 Å². The minimum Gasteiger partial charge on any atom is -0.378 e. The molecule has 2 aromatic carbocycles. The summed E-state index contributed by atoms with van der Waals surface area (Å²) < 4.78 is 1.81. The van der Waals surface area contributed by atoms with Crippen LogP contribution in [0.1, 0.15) is 11.4 Å². The number of hydrogen-bond acceptors (Lipinski definition) is 7. The highest BCUT2D eigenvalue weighted by Crippen LogP contribution is 2.24. The van der Waals surface area contributed by atoms with E-state index in [1.165, 1.54) is 29.5 Å². The lowest BCUT2D eigenvalue weighted by atomic mass is 10.2. The standard InChI is InChI=1S/C19H20N6O3S/c1-13-7-9-14(10-8-13)20-11-17-22-23-19(24(17)2)29-12-18(26)21-15-5-3-4-6-16(15)25(27)28/h3-10,20H,11-12H2,1-2H3,(H,21,26). The van der Waals surface area contributed by atoms with Crippen molar-refractivity contribution in [2.24, 2.45) is 7.05 Å². The number of amides is 1. The van der Waals surface area contributed by atoms with Crippen LogP contribution in [0.4, 0.5) is 17.1 Å². The van der Waals surface area contributed by atoms with Crippen LogP contribution < -0.4 is 10.6 Å². The van der Waals surface area contributed by atoms with Gasteiger partial charge < -0.3 is 15.2 Å². The second kappa shape index (κ2) is 9.20. The number of carbonyl (C=O) groups is 1. The molecular weight excluding hydrogens is 392 g/mol. The monoisotopic (exact) mass is 412 g/mol. The summed E-state index contributed by atoms with van der Waals surface area (Å²) >= 11 is 1.21. The van der Waals surface area contributed by atoms with Gasteiger partial charge in [0.1, 0.15) is 5.69 Å². The molecule has 150 valence electrons. The predicted molar refractivity (Wildman–Crippen MR) is 112 cm³/mol. The van der Waals surface area contributed by atoms with E-state index in [9.17, 15) is 14.9 Å². The second-order valence-corrected chi connectivity index (χ2v) is 7.23. The Balaban J connectivity index is 1.55. The molecule has 1 heterocycles. The van der Waals surface area contributed by atoms with Crippen LogP contribution in [0.3, 0.4) is 0 Å². The van der Waals surface area contributed by atoms with Crippen LogP contribution in [0.25, 0.3) is 0 Å². The number of thioether (sulfide) groups is 1. The number of aromatic nitrogens is 3. The summed E-state index contributed by atoms with van der Waals surface area (Å²) in [5, 5.41) is 25.7. The Bertz CT molecular complexity index is 1020. The Hall–Kier alpha value is -3.40. The normalized spacial score (nSPS) is 10.6. The minimum atomic E-state index is -0.529. The zero-order valence-corrected chi connectivity index (χ0v) is 16.8. The molecular formula is C19H20N6O3S. The highest BCUT2D eigenvalue weighted by atomic mass is 32.2. The highest BCUT2D eigenvalue weighted by Gasteiger charge is 2.16. The van der Waals surface area contributed by atoms with Crippen molar-refractivity contribution in [2.75, 3.05) is 16.4 Å². The lowest BCUT2D eigenvalue weighted by molar-refractivity contribution is -0.383. The molecule has 3 aromatic rings. The maximum atomic E-state index is 12.2. The topological polar surface area (TPSA) is 115 Å². The fourth-order valence-corrected chi connectivity index (χ4v) is 3.26. The number of benzene rings is 2. The molecule has 0 radical (unpaired) electrons. The number of para-hydroxylation sites is 2. The number of nitro benzene ring substituents is 1. The minimum absolute atomic E-state index is 0.0589. The van der Waals surface area contributed by atoms with Crippen LogP contribution >= 0.6 is 11.8 Å². The summed E-state index contributed by atoms with van der Waals surface area (Å²) in [4.78, 5) is 22.7. The molecule has 0 unspecified atom stereocenters. The number of nitrogens with zero attached hydrogens (tertiary/aromatic N) is 4. The molecule has 0 fully saturated rings. The van der Waals surface area contributed by atoms with Crippen molar-refractivity contribution in [1.29, 1.82) is 0 Å². The van der Waals surface area contributed by atoms with E-state index in [0.717, 1.165) is 11.5 Å². The molecule has 0 saturated heterocycles. The Morgan fingerprint density at radius 2 is 1.90 bits per heavy atom. The van der Waals surface area contributed by atoms with Gasteiger partial charge in [-0.2, -0.15) is 0 Å². The third-order valence-electron chi connectivity index (χ3n) is 4.13. The number of hydrogen-bond donors (Lipinski definition) is 2. The van der Waals surface area contributed by atoms with E-state index < -0.39 is 4.92 Å². The third kappa shape index (κ3) is 5.32. The van der Waals surface area contributed by atoms with Crippen molar-refractivity contribution in [2.45, 2.75) is 18.6 Å². The molecule has 1 amide bonds. The molecule has 1 aromatic heterocycles. The molecule has 0 aliphatic rings. The molecule has 0 spiro atoms. The fraction of sp³-hybridized carbons (Fsp3) is 0.211. The van der Waals surface area contributed by atoms with Gasteiger partial charge in [-0.15, -0.1) is 10.2 Å². The number of anilines is 2. The molecule has 0 bridgehead atoms. The van der Waals surface area contributed by atoms with Crippen LogP contribution in [0.2, 0.25) is 0 Å². The lowest BCUT2D eigenvalue weighted by Gasteiger charge is -2.07. The van der Waals surface area contributed by atoms with E-state index >= 15 is 0 Å². The van der Waals surface area contributed by atoms with E-state index in [0.29, 0.717) is 11.7 Å². The third-order valence-corrected chi connectivity index (χ3v) is 5.15. The first-order chi connectivity index (χ1) is 13.9. The Morgan fingerprint density at radius 1 is 1.17 bits per heavy atom. The van der Waals surface area contributed by atoms with Gasteiger partial charge in [-0.3, -0.25) is 14.9 Å². The van der Waals surface area contributed by atoms with E-state index in [2.05, 4.69) is 20.8 Å². The molecule has 9 nitrogen and oxygen atoms in total. The first-order valence-electron chi connectivity index (χ1n) is 8.79. The fourth-order valence-electron chi connectivity index (χ4n) is 2.53. The Labute approximate surface area is 171 Å². The average molecular weight is 412 g/mol. The zero-order valence-electron chi connectivity index (χ0n) is 16.0. The summed E-state index contributed by atoms with van der Waals surface area (Å²) in [6, 6.07) is 14.1. The number of nitro groups is 1. The largest absolute Gasteiger partial charge is 0.378 e. The Morgan fingerprint density at radius 3 is 2.62 bits per heavy atom. The van der Waals surface area contributed by atoms with Gasteiger partial charge in [0.25, 0.3) is 5.69 Å². The van der Waals surface area contributed by atoms with Crippen molar-refractivity contribution in [1.82, 2.24) is 14.8 Å². The van der Waals surface area contributed by atoms with E-state index in [1.54, 1.807) is 12.1 Å². The molecule has 29 heavy (non-hydrogen) atoms. The van der Waals surface area contributed by atoms with Gasteiger partial charge in [0.05, 0.1) is 17.2 Å². The summed E-state index contributed by atoms with van der Waals surface area (Å²) in [7, 11) is 1.83. The molecule has 2 N–H and O–H groups in total. The molecule has 10 heteroatoms. The second-order valence-electron chi connectivity index (χ2n) is 6.29. The first-order valence-corrected chi connectivity index (χ1v) is 9.77. The first kappa shape index (κ1) is 20.3. The molecule has 0 saturated carbocycles. The van der Waals surface area contributed by atoms with Crippen molar-refractivity contribution in [3.05, 3.63) is 70.0 Å². The van der Waals surface area contributed by atoms with Crippen molar-refractivity contribution >= 4 is 34.7 Å². The van der Waals surface area contributed by atoms with Gasteiger partial charge in [0.15, 0.2) is 11.0 Å². The van der Waals surface area contributed by atoms with Gasteiger partial charge in [-0.25, -0.2) is 0 Å². The van der Waals surface area contributed by atoms with Gasteiger partial charge >= 0.3 is 0 Å². The number of nitrogens with one attached hydrogen (secondary N) is 2. The number of carbonyl (C=O) groups excluding carboxylic acids is 1. The van der Waals surface area contributed by atoms with Crippen molar-refractivity contribution in [3.8, 4) is 0 Å². The summed E-state index contributed by atoms with van der Waals surface area (Å²) in [5.74, 6) is 0.433. The zero-order chi connectivity index (χ0) is 20.8. The van der Waals surface area contributed by atoms with Crippen LogP contribution in [-0.4, -0.2) is 31.3 Å². The average Bonchev–Trinajstić information content (AvgIpc) is 3.06. The molecule has 3 rings (SSSR count). The van der Waals surface area contributed by atoms with Crippen LogP contribution in [0, 0.1) is 17.0 Å².